The second-order valence-electron chi connectivity index (χ2n) is 9.66. The average Bonchev–Trinajstić information content (AvgIpc) is 3.63. The van der Waals surface area contributed by atoms with Crippen molar-refractivity contribution in [2.75, 3.05) is 0 Å². The van der Waals surface area contributed by atoms with E-state index >= 15 is 0 Å². The Bertz CT molecular complexity index is 1540. The maximum Gasteiger partial charge on any atom is 0.200 e. The van der Waals surface area contributed by atoms with Gasteiger partial charge in [-0.3, -0.25) is 9.48 Å². The van der Waals surface area contributed by atoms with Crippen molar-refractivity contribution >= 4 is 27.0 Å². The van der Waals surface area contributed by atoms with Gasteiger partial charge >= 0.3 is 0 Å². The summed E-state index contributed by atoms with van der Waals surface area (Å²) in [4.78, 5) is 22.9. The molecule has 3 atom stereocenters. The fourth-order valence-corrected chi connectivity index (χ4v) is 8.35. The lowest BCUT2D eigenvalue weighted by Crippen LogP contribution is -2.51. The lowest BCUT2D eigenvalue weighted by molar-refractivity contribution is 0.0488. The first-order valence-corrected chi connectivity index (χ1v) is 14.2. The van der Waals surface area contributed by atoms with Crippen molar-refractivity contribution in [1.82, 2.24) is 24.3 Å². The number of carbonyl (C=O) groups excluding carboxylic acids is 1. The fraction of sp³-hybridized carbons (Fsp3) is 0.360. The number of halogens is 1. The lowest BCUT2D eigenvalue weighted by Gasteiger charge is -2.47. The van der Waals surface area contributed by atoms with Crippen LogP contribution in [0.1, 0.15) is 40.5 Å². The van der Waals surface area contributed by atoms with Crippen molar-refractivity contribution in [3.63, 3.8) is 0 Å². The zero-order chi connectivity index (χ0) is 25.1. The maximum atomic E-state index is 14.0. The van der Waals surface area contributed by atoms with Gasteiger partial charge in [-0.1, -0.05) is 0 Å². The minimum Gasteiger partial charge on any atom is -0.303 e. The van der Waals surface area contributed by atoms with Crippen molar-refractivity contribution in [3.8, 4) is 5.69 Å². The van der Waals surface area contributed by atoms with Gasteiger partial charge in [-0.15, -0.1) is 11.3 Å². The predicted molar refractivity (Wildman–Crippen MR) is 131 cm³/mol. The van der Waals surface area contributed by atoms with E-state index < -0.39 is 20.5 Å². The second-order valence-corrected chi connectivity index (χ2v) is 12.7. The molecule has 0 radical (unpaired) electrons. The standard InChI is InChI=1S/C25H24FN5O3S2/c1-30-10-8-22(29-30)36(33,34)19-7-2-16-12-21-20(28-15-31(21)18-5-3-17(26)4-6-18)14-25(16,13-19)23(32)24-27-9-11-35-24/h3-6,8-11,15-16,19H,2,7,12-14H2,1H3/t16?,19-,25+/m0/s1. The summed E-state index contributed by atoms with van der Waals surface area (Å²) in [7, 11) is -2.03. The molecular weight excluding hydrogens is 501 g/mol. The summed E-state index contributed by atoms with van der Waals surface area (Å²) in [5, 5.41) is 5.64. The van der Waals surface area contributed by atoms with E-state index in [9.17, 15) is 17.6 Å². The quantitative estimate of drug-likeness (QED) is 0.368. The number of rotatable bonds is 5. The molecule has 1 unspecified atom stereocenters. The van der Waals surface area contributed by atoms with E-state index in [0.717, 1.165) is 17.1 Å². The van der Waals surface area contributed by atoms with E-state index in [0.29, 0.717) is 30.7 Å². The number of carbonyl (C=O) groups is 1. The van der Waals surface area contributed by atoms with Gasteiger partial charge < -0.3 is 4.57 Å². The van der Waals surface area contributed by atoms with Gasteiger partial charge in [-0.25, -0.2) is 22.8 Å². The number of hydrogen-bond donors (Lipinski definition) is 0. The summed E-state index contributed by atoms with van der Waals surface area (Å²) < 4.78 is 44.0. The summed E-state index contributed by atoms with van der Waals surface area (Å²) in [5.74, 6) is -0.480. The van der Waals surface area contributed by atoms with Crippen LogP contribution in [0.3, 0.4) is 0 Å². The molecule has 1 aromatic carbocycles. The van der Waals surface area contributed by atoms with Crippen LogP contribution >= 0.6 is 11.3 Å². The first kappa shape index (κ1) is 23.2. The molecule has 4 aromatic rings. The van der Waals surface area contributed by atoms with Gasteiger partial charge in [0.15, 0.2) is 25.7 Å². The molecule has 0 saturated heterocycles. The Morgan fingerprint density at radius 1 is 1.17 bits per heavy atom. The SMILES string of the molecule is Cn1ccc(S(=O)(=O)[C@H]2CCC3Cc4c(ncn4-c4ccc(F)cc4)C[C@]3(C(=O)c3nccs3)C2)n1. The molecule has 3 heterocycles. The number of fused-ring (bicyclic) bond motifs is 2. The summed E-state index contributed by atoms with van der Waals surface area (Å²) in [5.41, 5.74) is 1.64. The number of thiazole rings is 1. The molecule has 2 aliphatic rings. The van der Waals surface area contributed by atoms with Gasteiger partial charge in [0.25, 0.3) is 0 Å². The number of Topliss-reactive ketones (excluding diaryl/α,β-unsaturated/α-hetero) is 1. The van der Waals surface area contributed by atoms with Gasteiger partial charge in [0.1, 0.15) is 5.82 Å². The fourth-order valence-electron chi connectivity index (χ4n) is 5.87. The van der Waals surface area contributed by atoms with E-state index in [1.807, 2.05) is 4.57 Å². The topological polar surface area (TPSA) is 99.7 Å². The van der Waals surface area contributed by atoms with Crippen molar-refractivity contribution in [2.24, 2.45) is 18.4 Å². The zero-order valence-electron chi connectivity index (χ0n) is 19.5. The van der Waals surface area contributed by atoms with E-state index in [1.54, 1.807) is 43.3 Å². The number of nitrogens with zero attached hydrogens (tertiary/aromatic N) is 5. The van der Waals surface area contributed by atoms with Gasteiger partial charge in [0, 0.05) is 48.0 Å². The summed E-state index contributed by atoms with van der Waals surface area (Å²) >= 11 is 1.28. The summed E-state index contributed by atoms with van der Waals surface area (Å²) in [6, 6.07) is 7.75. The van der Waals surface area contributed by atoms with Crippen molar-refractivity contribution in [3.05, 3.63) is 76.6 Å². The highest BCUT2D eigenvalue weighted by atomic mass is 32.2. The Morgan fingerprint density at radius 2 is 1.97 bits per heavy atom. The molecule has 1 saturated carbocycles. The number of hydrogen-bond acceptors (Lipinski definition) is 7. The number of imidazole rings is 1. The smallest absolute Gasteiger partial charge is 0.200 e. The minimum atomic E-state index is -3.71. The molecule has 0 N–H and O–H groups in total. The first-order chi connectivity index (χ1) is 17.3. The van der Waals surface area contributed by atoms with Crippen LogP contribution in [-0.4, -0.2) is 43.8 Å². The zero-order valence-corrected chi connectivity index (χ0v) is 21.2. The van der Waals surface area contributed by atoms with E-state index in [-0.39, 0.29) is 29.0 Å². The number of sulfone groups is 1. The highest BCUT2D eigenvalue weighted by molar-refractivity contribution is 7.92. The van der Waals surface area contributed by atoms with Crippen LogP contribution in [0.5, 0.6) is 0 Å². The van der Waals surface area contributed by atoms with Crippen LogP contribution in [0.25, 0.3) is 5.69 Å². The van der Waals surface area contributed by atoms with E-state index in [4.69, 9.17) is 0 Å². The highest BCUT2D eigenvalue weighted by Crippen LogP contribution is 2.52. The molecule has 186 valence electrons. The molecule has 8 nitrogen and oxygen atoms in total. The minimum absolute atomic E-state index is 0.0439. The number of benzene rings is 1. The van der Waals surface area contributed by atoms with Crippen molar-refractivity contribution < 1.29 is 17.6 Å². The molecule has 11 heteroatoms. The van der Waals surface area contributed by atoms with Crippen LogP contribution in [0.4, 0.5) is 4.39 Å². The molecule has 0 aliphatic heterocycles. The maximum absolute atomic E-state index is 14.0. The second kappa shape index (κ2) is 8.45. The first-order valence-electron chi connectivity index (χ1n) is 11.8. The molecule has 1 fully saturated rings. The molecular formula is C25H24FN5O3S2. The van der Waals surface area contributed by atoms with E-state index in [1.165, 1.54) is 34.2 Å². The highest BCUT2D eigenvalue weighted by Gasteiger charge is 2.55. The average molecular weight is 526 g/mol. The molecule has 0 bridgehead atoms. The Hall–Kier alpha value is -3.18. The predicted octanol–water partition coefficient (Wildman–Crippen LogP) is 3.81. The van der Waals surface area contributed by atoms with Gasteiger partial charge in [-0.2, -0.15) is 5.10 Å². The molecule has 6 rings (SSSR count). The van der Waals surface area contributed by atoms with Gasteiger partial charge in [-0.05, 0) is 61.9 Å². The molecule has 3 aromatic heterocycles. The largest absolute Gasteiger partial charge is 0.303 e. The van der Waals surface area contributed by atoms with Crippen LogP contribution in [-0.2, 0) is 29.7 Å². The third-order valence-electron chi connectivity index (χ3n) is 7.69. The number of aryl methyl sites for hydroxylation is 1. The van der Waals surface area contributed by atoms with Gasteiger partial charge in [0.2, 0.25) is 0 Å². The molecule has 0 spiro atoms. The van der Waals surface area contributed by atoms with Crippen molar-refractivity contribution in [2.45, 2.75) is 42.4 Å². The third kappa shape index (κ3) is 3.64. The number of ketones is 1. The molecule has 0 amide bonds. The molecule has 36 heavy (non-hydrogen) atoms. The monoisotopic (exact) mass is 525 g/mol. The van der Waals surface area contributed by atoms with Crippen LogP contribution in [0.2, 0.25) is 0 Å². The Balaban J connectivity index is 1.42. The molecule has 2 aliphatic carbocycles. The Labute approximate surface area is 211 Å². The lowest BCUT2D eigenvalue weighted by atomic mass is 9.57. The summed E-state index contributed by atoms with van der Waals surface area (Å²) in [6.07, 6.45) is 7.10. The third-order valence-corrected chi connectivity index (χ3v) is 10.5. The van der Waals surface area contributed by atoms with E-state index in [2.05, 4.69) is 15.1 Å². The van der Waals surface area contributed by atoms with Crippen LogP contribution < -0.4 is 0 Å². The van der Waals surface area contributed by atoms with Gasteiger partial charge in [0.05, 0.1) is 17.3 Å². The number of aromatic nitrogens is 5. The van der Waals surface area contributed by atoms with Crippen LogP contribution in [0.15, 0.2) is 59.5 Å². The summed E-state index contributed by atoms with van der Waals surface area (Å²) in [6.45, 7) is 0. The Morgan fingerprint density at radius 3 is 2.67 bits per heavy atom. The van der Waals surface area contributed by atoms with Crippen molar-refractivity contribution in [1.29, 1.82) is 0 Å². The van der Waals surface area contributed by atoms with Crippen LogP contribution in [0, 0.1) is 17.2 Å². The Kier molecular flexibility index (Phi) is 5.45. The normalized spacial score (nSPS) is 23.7.